The molecule has 72 valence electrons. The van der Waals surface area contributed by atoms with E-state index in [0.717, 1.165) is 29.4 Å². The second-order valence-electron chi connectivity index (χ2n) is 3.67. The van der Waals surface area contributed by atoms with Gasteiger partial charge < -0.3 is 0 Å². The number of furan rings is 1. The van der Waals surface area contributed by atoms with Gasteiger partial charge in [-0.2, -0.15) is 0 Å². The van der Waals surface area contributed by atoms with Crippen LogP contribution in [0.15, 0.2) is 22.7 Å². The monoisotopic (exact) mass is 195 g/mol. The Morgan fingerprint density at radius 1 is 1.47 bits per heavy atom. The number of pyridine rings is 1. The molecular weight excluding hydrogens is 185 g/mol. The van der Waals surface area contributed by atoms with Crippen LogP contribution in [0.25, 0.3) is 22.6 Å². The van der Waals surface area contributed by atoms with Gasteiger partial charge in [-0.3, -0.25) is 0 Å². The normalized spacial score (nSPS) is 14.5. The summed E-state index contributed by atoms with van der Waals surface area (Å²) in [7, 11) is 0. The van der Waals surface area contributed by atoms with E-state index in [9.17, 15) is 0 Å². The fourth-order valence-electron chi connectivity index (χ4n) is 2.07. The van der Waals surface area contributed by atoms with Crippen molar-refractivity contribution in [3.8, 4) is 0 Å². The summed E-state index contributed by atoms with van der Waals surface area (Å²) >= 11 is 0. The molecule has 0 aromatic carbocycles. The van der Waals surface area contributed by atoms with Crippen molar-refractivity contribution in [2.75, 3.05) is 0 Å². The Bertz CT molecular complexity index is 654. The zero-order valence-corrected chi connectivity index (χ0v) is 8.36. The van der Waals surface area contributed by atoms with E-state index in [4.69, 9.17) is 4.42 Å². The molecule has 0 bridgehead atoms. The molecule has 0 saturated heterocycles. The van der Waals surface area contributed by atoms with Crippen molar-refractivity contribution in [2.24, 2.45) is 0 Å². The van der Waals surface area contributed by atoms with Crippen LogP contribution >= 0.6 is 0 Å². The zero-order chi connectivity index (χ0) is 10.3. The summed E-state index contributed by atoms with van der Waals surface area (Å²) in [4.78, 5) is 4.22. The number of hydrogen-bond donors (Lipinski definition) is 0. The Balaban J connectivity index is 2.60. The molecule has 2 aromatic heterocycles. The summed E-state index contributed by atoms with van der Waals surface area (Å²) in [6.45, 7) is 5.71. The van der Waals surface area contributed by atoms with Crippen molar-refractivity contribution in [2.45, 2.75) is 12.8 Å². The molecule has 0 unspecified atom stereocenters. The van der Waals surface area contributed by atoms with Crippen LogP contribution < -0.4 is 10.6 Å². The van der Waals surface area contributed by atoms with Crippen molar-refractivity contribution in [3.05, 3.63) is 29.0 Å². The summed E-state index contributed by atoms with van der Waals surface area (Å²) in [5, 5.41) is 2.28. The van der Waals surface area contributed by atoms with Gasteiger partial charge in [0.05, 0.1) is 0 Å². The Labute approximate surface area is 87.8 Å². The molecule has 0 radical (unpaired) electrons. The van der Waals surface area contributed by atoms with E-state index in [1.54, 1.807) is 6.20 Å². The van der Waals surface area contributed by atoms with E-state index in [1.807, 2.05) is 19.1 Å². The van der Waals surface area contributed by atoms with Gasteiger partial charge >= 0.3 is 87.2 Å². The molecule has 0 spiro atoms. The maximum atomic E-state index is 5.74. The van der Waals surface area contributed by atoms with Gasteiger partial charge in [0, 0.05) is 0 Å². The molecule has 0 fully saturated rings. The molecular formula is C12H10BNO. The van der Waals surface area contributed by atoms with Crippen molar-refractivity contribution in [1.82, 2.24) is 4.98 Å². The average molecular weight is 195 g/mol. The van der Waals surface area contributed by atoms with Crippen LogP contribution in [0.5, 0.6) is 0 Å². The molecule has 0 aliphatic heterocycles. The van der Waals surface area contributed by atoms with Crippen LogP contribution in [0.2, 0.25) is 0 Å². The predicted molar refractivity (Wildman–Crippen MR) is 63.2 cm³/mol. The van der Waals surface area contributed by atoms with Gasteiger partial charge in [0.25, 0.3) is 0 Å². The molecule has 2 aromatic rings. The van der Waals surface area contributed by atoms with Gasteiger partial charge in [0.2, 0.25) is 0 Å². The Hall–Kier alpha value is -1.64. The number of rotatable bonds is 1. The van der Waals surface area contributed by atoms with Crippen molar-refractivity contribution < 1.29 is 4.42 Å². The molecule has 0 atom stereocenters. The molecule has 0 saturated carbocycles. The van der Waals surface area contributed by atoms with E-state index in [1.165, 1.54) is 10.7 Å². The second kappa shape index (κ2) is 3.19. The quantitative estimate of drug-likeness (QED) is 0.624. The number of fused-ring (bicyclic) bond motifs is 3. The first-order chi connectivity index (χ1) is 7.40. The van der Waals surface area contributed by atoms with Gasteiger partial charge in [-0.25, -0.2) is 0 Å². The predicted octanol–water partition coefficient (Wildman–Crippen LogP) is 0.647. The van der Waals surface area contributed by atoms with Crippen LogP contribution in [0.1, 0.15) is 12.8 Å². The van der Waals surface area contributed by atoms with E-state index >= 15 is 0 Å². The molecule has 1 aliphatic rings. The SMILES string of the molecule is C=BC1=c2oc3ncccc3c2=CCC1. The Kier molecular flexibility index (Phi) is 1.84. The molecule has 3 rings (SSSR count). The minimum atomic E-state index is 0.722. The van der Waals surface area contributed by atoms with Crippen LogP contribution in [-0.2, 0) is 0 Å². The third kappa shape index (κ3) is 1.19. The van der Waals surface area contributed by atoms with E-state index in [0.29, 0.717) is 0 Å². The van der Waals surface area contributed by atoms with E-state index in [-0.39, 0.29) is 0 Å². The minimum absolute atomic E-state index is 0.722. The molecule has 2 heterocycles. The average Bonchev–Trinajstić information content (AvgIpc) is 2.67. The molecule has 2 nitrogen and oxygen atoms in total. The van der Waals surface area contributed by atoms with Crippen LogP contribution in [0, 0.1) is 0 Å². The fraction of sp³-hybridized carbons (Fsp3) is 0.167. The van der Waals surface area contributed by atoms with Gasteiger partial charge in [0.1, 0.15) is 0 Å². The summed E-state index contributed by atoms with van der Waals surface area (Å²) in [6.07, 6.45) is 6.04. The number of hydrogen-bond acceptors (Lipinski definition) is 2. The molecule has 1 aliphatic carbocycles. The first kappa shape index (κ1) is 8.66. The standard InChI is InChI=1S/C12H10BNO/c1-13-10-6-2-4-8-9-5-3-7-14-12(9)15-11(8)10/h3-5,7H,1-2,6H2. The zero-order valence-electron chi connectivity index (χ0n) is 8.36. The molecule has 0 amide bonds. The third-order valence-electron chi connectivity index (χ3n) is 2.80. The first-order valence-corrected chi connectivity index (χ1v) is 5.09. The van der Waals surface area contributed by atoms with Crippen LogP contribution in [0.4, 0.5) is 0 Å². The summed E-state index contributed by atoms with van der Waals surface area (Å²) < 4.78 is 5.74. The second-order valence-corrected chi connectivity index (χ2v) is 3.67. The van der Waals surface area contributed by atoms with Gasteiger partial charge in [-0.15, -0.1) is 0 Å². The summed E-state index contributed by atoms with van der Waals surface area (Å²) in [5.41, 5.74) is 2.86. The Morgan fingerprint density at radius 2 is 2.40 bits per heavy atom. The summed E-state index contributed by atoms with van der Waals surface area (Å²) in [5.74, 6) is 0. The third-order valence-corrected chi connectivity index (χ3v) is 2.80. The fourth-order valence-corrected chi connectivity index (χ4v) is 2.07. The summed E-state index contributed by atoms with van der Waals surface area (Å²) in [6, 6.07) is 3.99. The van der Waals surface area contributed by atoms with E-state index in [2.05, 4.69) is 17.5 Å². The maximum absolute atomic E-state index is 5.74. The topological polar surface area (TPSA) is 26.0 Å². The van der Waals surface area contributed by atoms with Gasteiger partial charge in [-0.05, 0) is 0 Å². The van der Waals surface area contributed by atoms with Crippen molar-refractivity contribution >= 4 is 36.0 Å². The number of aromatic nitrogens is 1. The first-order valence-electron chi connectivity index (χ1n) is 5.09. The molecule has 3 heteroatoms. The van der Waals surface area contributed by atoms with Gasteiger partial charge in [0.15, 0.2) is 0 Å². The van der Waals surface area contributed by atoms with Crippen molar-refractivity contribution in [1.29, 1.82) is 0 Å². The van der Waals surface area contributed by atoms with Crippen LogP contribution in [-0.4, -0.2) is 18.4 Å². The molecule has 0 N–H and O–H groups in total. The number of nitrogens with zero attached hydrogens (tertiary/aromatic N) is 1. The molecule has 15 heavy (non-hydrogen) atoms. The van der Waals surface area contributed by atoms with Crippen LogP contribution in [0.3, 0.4) is 0 Å². The van der Waals surface area contributed by atoms with Gasteiger partial charge in [-0.1, -0.05) is 0 Å². The van der Waals surface area contributed by atoms with E-state index < -0.39 is 0 Å². The van der Waals surface area contributed by atoms with Crippen molar-refractivity contribution in [3.63, 3.8) is 0 Å². The Morgan fingerprint density at radius 3 is 3.27 bits per heavy atom.